The fourth-order valence-corrected chi connectivity index (χ4v) is 4.05. The molecule has 1 fully saturated rings. The average molecular weight is 321 g/mol. The maximum absolute atomic E-state index is 12.8. The number of allylic oxidation sites excluding steroid dienone is 2. The molecule has 24 heavy (non-hydrogen) atoms. The van der Waals surface area contributed by atoms with Gasteiger partial charge < -0.3 is 9.47 Å². The van der Waals surface area contributed by atoms with E-state index in [1.54, 1.807) is 0 Å². The first-order valence-corrected chi connectivity index (χ1v) is 8.68. The second-order valence-electron chi connectivity index (χ2n) is 7.04. The topological polar surface area (TPSA) is 38.1 Å². The third-order valence-corrected chi connectivity index (χ3v) is 5.35. The van der Waals surface area contributed by atoms with Crippen LogP contribution in [-0.2, 0) is 17.9 Å². The van der Waals surface area contributed by atoms with Crippen molar-refractivity contribution in [1.29, 1.82) is 0 Å². The summed E-state index contributed by atoms with van der Waals surface area (Å²) in [6.07, 6.45) is 10.5. The monoisotopic (exact) mass is 321 g/mol. The highest BCUT2D eigenvalue weighted by atomic mass is 16.2. The lowest BCUT2D eigenvalue weighted by Crippen LogP contribution is -2.35. The van der Waals surface area contributed by atoms with Crippen LogP contribution in [-0.4, -0.2) is 27.4 Å². The van der Waals surface area contributed by atoms with Crippen molar-refractivity contribution < 1.29 is 4.79 Å². The van der Waals surface area contributed by atoms with E-state index in [9.17, 15) is 4.79 Å². The summed E-state index contributed by atoms with van der Waals surface area (Å²) < 4.78 is 2.12. The quantitative estimate of drug-likeness (QED) is 0.794. The summed E-state index contributed by atoms with van der Waals surface area (Å²) in [7, 11) is 1.90. The molecule has 124 valence electrons. The first kappa shape index (κ1) is 15.2. The van der Waals surface area contributed by atoms with Gasteiger partial charge in [-0.1, -0.05) is 42.5 Å². The van der Waals surface area contributed by atoms with Gasteiger partial charge in [0.15, 0.2) is 0 Å². The summed E-state index contributed by atoms with van der Waals surface area (Å²) in [5, 5.41) is 0. The third kappa shape index (κ3) is 2.88. The molecule has 0 spiro atoms. The van der Waals surface area contributed by atoms with Crippen LogP contribution in [0.2, 0.25) is 0 Å². The number of benzene rings is 1. The predicted octanol–water partition coefficient (Wildman–Crippen LogP) is 3.10. The van der Waals surface area contributed by atoms with Crippen molar-refractivity contribution in [1.82, 2.24) is 14.5 Å². The number of nitrogens with zero attached hydrogens (tertiary/aromatic N) is 3. The Morgan fingerprint density at radius 1 is 1.25 bits per heavy atom. The van der Waals surface area contributed by atoms with Crippen LogP contribution in [0.25, 0.3) is 0 Å². The molecule has 1 aromatic carbocycles. The van der Waals surface area contributed by atoms with Crippen LogP contribution in [0.4, 0.5) is 0 Å². The molecule has 2 bridgehead atoms. The van der Waals surface area contributed by atoms with Crippen LogP contribution in [0.3, 0.4) is 0 Å². The van der Waals surface area contributed by atoms with E-state index in [-0.39, 0.29) is 11.8 Å². The van der Waals surface area contributed by atoms with Crippen molar-refractivity contribution >= 4 is 5.91 Å². The molecule has 0 radical (unpaired) electrons. The lowest BCUT2D eigenvalue weighted by molar-refractivity contribution is -0.135. The zero-order valence-electron chi connectivity index (χ0n) is 14.0. The molecule has 0 N–H and O–H groups in total. The zero-order valence-corrected chi connectivity index (χ0v) is 14.0. The molecule has 2 aliphatic rings. The molecule has 0 unspecified atom stereocenters. The highest BCUT2D eigenvalue weighted by Crippen LogP contribution is 2.44. The van der Waals surface area contributed by atoms with Crippen molar-refractivity contribution in [2.75, 3.05) is 7.05 Å². The van der Waals surface area contributed by atoms with Gasteiger partial charge in [-0.3, -0.25) is 4.79 Å². The van der Waals surface area contributed by atoms with Gasteiger partial charge in [0.25, 0.3) is 0 Å². The van der Waals surface area contributed by atoms with E-state index < -0.39 is 0 Å². The molecular weight excluding hydrogens is 298 g/mol. The molecule has 2 aliphatic carbocycles. The van der Waals surface area contributed by atoms with E-state index in [1.165, 1.54) is 5.56 Å². The molecule has 0 aliphatic heterocycles. The molecule has 1 saturated carbocycles. The number of carbonyl (C=O) groups is 1. The second kappa shape index (κ2) is 6.27. The predicted molar refractivity (Wildman–Crippen MR) is 93.1 cm³/mol. The molecular formula is C20H23N3O. The van der Waals surface area contributed by atoms with E-state index >= 15 is 0 Å². The average Bonchev–Trinajstić information content (AvgIpc) is 3.33. The van der Waals surface area contributed by atoms with Crippen molar-refractivity contribution in [3.05, 3.63) is 66.3 Å². The van der Waals surface area contributed by atoms with Crippen LogP contribution in [0.5, 0.6) is 0 Å². The molecule has 2 aromatic rings. The number of hydrogen-bond acceptors (Lipinski definition) is 2. The number of hydrogen-bond donors (Lipinski definition) is 0. The molecule has 1 aromatic heterocycles. The summed E-state index contributed by atoms with van der Waals surface area (Å²) >= 11 is 0. The molecule has 4 rings (SSSR count). The van der Waals surface area contributed by atoms with E-state index in [0.29, 0.717) is 18.4 Å². The van der Waals surface area contributed by atoms with Gasteiger partial charge in [0.2, 0.25) is 5.91 Å². The van der Waals surface area contributed by atoms with Crippen molar-refractivity contribution in [2.45, 2.75) is 25.9 Å². The van der Waals surface area contributed by atoms with Crippen molar-refractivity contribution in [2.24, 2.45) is 17.8 Å². The third-order valence-electron chi connectivity index (χ3n) is 5.35. The second-order valence-corrected chi connectivity index (χ2v) is 7.04. The van der Waals surface area contributed by atoms with E-state index in [2.05, 4.69) is 33.8 Å². The Morgan fingerprint density at radius 3 is 2.79 bits per heavy atom. The highest BCUT2D eigenvalue weighted by Gasteiger charge is 2.40. The van der Waals surface area contributed by atoms with Crippen molar-refractivity contribution in [3.63, 3.8) is 0 Å². The Morgan fingerprint density at radius 2 is 2.08 bits per heavy atom. The minimum atomic E-state index is 0.169. The first-order valence-electron chi connectivity index (χ1n) is 8.68. The molecule has 1 heterocycles. The minimum absolute atomic E-state index is 0.169. The number of imidazole rings is 1. The Balaban J connectivity index is 1.43. The van der Waals surface area contributed by atoms with E-state index in [4.69, 9.17) is 0 Å². The first-order chi connectivity index (χ1) is 11.7. The SMILES string of the molecule is CN(Cc1nccn1Cc1ccccc1)C(=O)[C@@H]1C[C@H]2C=C[C@H]1C2. The Bertz CT molecular complexity index is 749. The summed E-state index contributed by atoms with van der Waals surface area (Å²) in [5.74, 6) is 2.45. The molecule has 4 heteroatoms. The van der Waals surface area contributed by atoms with Gasteiger partial charge in [-0.25, -0.2) is 4.98 Å². The Hall–Kier alpha value is -2.36. The van der Waals surface area contributed by atoms with Gasteiger partial charge >= 0.3 is 0 Å². The minimum Gasteiger partial charge on any atom is -0.338 e. The molecule has 4 nitrogen and oxygen atoms in total. The summed E-state index contributed by atoms with van der Waals surface area (Å²) in [6.45, 7) is 1.35. The lowest BCUT2D eigenvalue weighted by atomic mass is 9.92. The maximum atomic E-state index is 12.8. The summed E-state index contributed by atoms with van der Waals surface area (Å²) in [4.78, 5) is 19.1. The van der Waals surface area contributed by atoms with E-state index in [0.717, 1.165) is 25.2 Å². The van der Waals surface area contributed by atoms with Gasteiger partial charge in [-0.05, 0) is 30.2 Å². The fraction of sp³-hybridized carbons (Fsp3) is 0.400. The van der Waals surface area contributed by atoms with Gasteiger partial charge in [0.1, 0.15) is 5.82 Å². The zero-order chi connectivity index (χ0) is 16.5. The summed E-state index contributed by atoms with van der Waals surface area (Å²) in [6, 6.07) is 10.3. The van der Waals surface area contributed by atoms with Gasteiger partial charge in [0, 0.05) is 31.9 Å². The lowest BCUT2D eigenvalue weighted by Gasteiger charge is -2.24. The summed E-state index contributed by atoms with van der Waals surface area (Å²) in [5.41, 5.74) is 1.24. The van der Waals surface area contributed by atoms with Gasteiger partial charge in [0.05, 0.1) is 6.54 Å². The molecule has 3 atom stereocenters. The van der Waals surface area contributed by atoms with Gasteiger partial charge in [-0.2, -0.15) is 0 Å². The normalized spacial score (nSPS) is 24.5. The Labute approximate surface area is 142 Å². The fourth-order valence-electron chi connectivity index (χ4n) is 4.05. The molecule has 1 amide bonds. The van der Waals surface area contributed by atoms with Crippen LogP contribution in [0, 0.1) is 17.8 Å². The smallest absolute Gasteiger partial charge is 0.226 e. The van der Waals surface area contributed by atoms with Crippen LogP contribution in [0.15, 0.2) is 54.9 Å². The number of fused-ring (bicyclic) bond motifs is 2. The highest BCUT2D eigenvalue weighted by molar-refractivity contribution is 5.79. The van der Waals surface area contributed by atoms with E-state index in [1.807, 2.05) is 42.5 Å². The van der Waals surface area contributed by atoms with Gasteiger partial charge in [-0.15, -0.1) is 0 Å². The number of aromatic nitrogens is 2. The maximum Gasteiger partial charge on any atom is 0.226 e. The van der Waals surface area contributed by atoms with Crippen LogP contribution < -0.4 is 0 Å². The number of rotatable bonds is 5. The van der Waals surface area contributed by atoms with Crippen LogP contribution >= 0.6 is 0 Å². The molecule has 0 saturated heterocycles. The number of amides is 1. The Kier molecular flexibility index (Phi) is 3.97. The largest absolute Gasteiger partial charge is 0.338 e. The standard InChI is InChI=1S/C20H23N3O/c1-22(20(24)18-12-16-7-8-17(18)11-16)14-19-21-9-10-23(19)13-15-5-3-2-4-6-15/h2-10,16-18H,11-14H2,1H3/t16-,17-,18+/m0/s1. The van der Waals surface area contributed by atoms with Crippen LogP contribution in [0.1, 0.15) is 24.2 Å². The number of carbonyl (C=O) groups excluding carboxylic acids is 1. The van der Waals surface area contributed by atoms with Crippen molar-refractivity contribution in [3.8, 4) is 0 Å².